The average Bonchev–Trinajstić information content (AvgIpc) is 3.45. The molecule has 9 heteroatoms. The van der Waals surface area contributed by atoms with Crippen LogP contribution in [0.2, 0.25) is 0 Å². The molecule has 9 nitrogen and oxygen atoms in total. The van der Waals surface area contributed by atoms with Crippen LogP contribution >= 0.6 is 0 Å². The van der Waals surface area contributed by atoms with Gasteiger partial charge in [0.1, 0.15) is 17.0 Å². The summed E-state index contributed by atoms with van der Waals surface area (Å²) in [6, 6.07) is 6.18. The molecule has 0 unspecified atom stereocenters. The van der Waals surface area contributed by atoms with Crippen molar-refractivity contribution >= 4 is 33.3 Å². The number of pyridine rings is 1. The number of piperidine rings is 1. The fraction of sp³-hybridized carbons (Fsp3) is 0.458. The third-order valence-electron chi connectivity index (χ3n) is 6.53. The van der Waals surface area contributed by atoms with E-state index in [1.807, 2.05) is 29.1 Å². The number of likely N-dealkylation sites (tertiary alicyclic amines) is 1. The highest BCUT2D eigenvalue weighted by atomic mass is 16.5. The van der Waals surface area contributed by atoms with Crippen LogP contribution in [0.1, 0.15) is 39.7 Å². The van der Waals surface area contributed by atoms with Gasteiger partial charge >= 0.3 is 0 Å². The maximum Gasteiger partial charge on any atom is 0.256 e. The lowest BCUT2D eigenvalue weighted by Gasteiger charge is -2.40. The number of H-pyrrole nitrogens is 1. The van der Waals surface area contributed by atoms with Crippen LogP contribution < -0.4 is 14.8 Å². The van der Waals surface area contributed by atoms with Crippen LogP contribution in [0.3, 0.4) is 0 Å². The largest absolute Gasteiger partial charge is 0.496 e. The molecule has 33 heavy (non-hydrogen) atoms. The van der Waals surface area contributed by atoms with Crippen molar-refractivity contribution in [3.05, 3.63) is 30.6 Å². The third-order valence-corrected chi connectivity index (χ3v) is 6.53. The van der Waals surface area contributed by atoms with E-state index in [0.29, 0.717) is 17.7 Å². The summed E-state index contributed by atoms with van der Waals surface area (Å²) in [5.41, 5.74) is 2.60. The molecule has 4 heterocycles. The van der Waals surface area contributed by atoms with Gasteiger partial charge < -0.3 is 14.8 Å². The lowest BCUT2D eigenvalue weighted by atomic mass is 9.98. The van der Waals surface area contributed by atoms with Crippen LogP contribution in [0, 0.1) is 0 Å². The Labute approximate surface area is 193 Å². The van der Waals surface area contributed by atoms with Crippen LogP contribution in [0.5, 0.6) is 11.6 Å². The van der Waals surface area contributed by atoms with E-state index in [9.17, 15) is 0 Å². The van der Waals surface area contributed by atoms with Crippen molar-refractivity contribution in [1.82, 2.24) is 29.9 Å². The highest BCUT2D eigenvalue weighted by Gasteiger charge is 2.29. The minimum atomic E-state index is 0.194. The summed E-state index contributed by atoms with van der Waals surface area (Å²) in [4.78, 5) is 7.39. The normalized spacial score (nSPS) is 15.9. The number of nitrogens with one attached hydrogen (secondary N) is 2. The molecule has 1 aliphatic heterocycles. The molecule has 0 atom stereocenters. The van der Waals surface area contributed by atoms with Crippen LogP contribution in [0.15, 0.2) is 30.6 Å². The Morgan fingerprint density at radius 3 is 2.61 bits per heavy atom. The standard InChI is InChI=1S/C24H31N7O2/c1-24(2,3)30-11-9-15(10-12-30)31-14-18(23(29-31)33-5)27-22-21-16(13-25-28-21)20-17(26-22)7-6-8-19(20)32-4/h6-8,13-15H,9-12H2,1-5H3,(H,25,28)(H,26,27). The van der Waals surface area contributed by atoms with Crippen molar-refractivity contribution in [1.29, 1.82) is 0 Å². The number of anilines is 2. The van der Waals surface area contributed by atoms with E-state index in [1.165, 1.54) is 0 Å². The second kappa shape index (κ2) is 8.22. The molecule has 2 N–H and O–H groups in total. The van der Waals surface area contributed by atoms with Crippen LogP contribution in [0.4, 0.5) is 11.5 Å². The summed E-state index contributed by atoms with van der Waals surface area (Å²) < 4.78 is 13.2. The molecule has 0 bridgehead atoms. The fourth-order valence-electron chi connectivity index (χ4n) is 4.70. The molecular weight excluding hydrogens is 418 g/mol. The predicted molar refractivity (Wildman–Crippen MR) is 130 cm³/mol. The zero-order valence-corrected chi connectivity index (χ0v) is 19.8. The summed E-state index contributed by atoms with van der Waals surface area (Å²) in [6.45, 7) is 8.93. The van der Waals surface area contributed by atoms with Crippen LogP contribution in [0.25, 0.3) is 21.8 Å². The molecule has 0 amide bonds. The number of hydrogen-bond donors (Lipinski definition) is 2. The highest BCUT2D eigenvalue weighted by Crippen LogP contribution is 2.37. The highest BCUT2D eigenvalue weighted by molar-refractivity contribution is 6.11. The SMILES string of the molecule is COc1nn(C2CCN(C(C)(C)C)CC2)cc1Nc1nc2cccc(OC)c2c2cn[nH]c12. The van der Waals surface area contributed by atoms with Crippen LogP contribution in [-0.4, -0.2) is 62.7 Å². The van der Waals surface area contributed by atoms with E-state index in [1.54, 1.807) is 20.4 Å². The molecule has 1 aliphatic rings. The first-order valence-corrected chi connectivity index (χ1v) is 11.3. The summed E-state index contributed by atoms with van der Waals surface area (Å²) in [5, 5.41) is 17.4. The van der Waals surface area contributed by atoms with E-state index in [2.05, 4.69) is 41.2 Å². The Bertz CT molecular complexity index is 1280. The van der Waals surface area contributed by atoms with Gasteiger partial charge in [0, 0.05) is 24.0 Å². The van der Waals surface area contributed by atoms with Gasteiger partial charge in [0.05, 0.1) is 43.6 Å². The summed E-state index contributed by atoms with van der Waals surface area (Å²) in [5.74, 6) is 1.99. The molecule has 1 saturated heterocycles. The Balaban J connectivity index is 1.46. The monoisotopic (exact) mass is 449 g/mol. The Morgan fingerprint density at radius 2 is 1.91 bits per heavy atom. The maximum absolute atomic E-state index is 5.60. The second-order valence-electron chi connectivity index (χ2n) is 9.52. The van der Waals surface area contributed by atoms with Gasteiger partial charge in [0.25, 0.3) is 5.88 Å². The Morgan fingerprint density at radius 1 is 1.12 bits per heavy atom. The molecule has 1 aromatic carbocycles. The fourth-order valence-corrected chi connectivity index (χ4v) is 4.70. The second-order valence-corrected chi connectivity index (χ2v) is 9.52. The lowest BCUT2D eigenvalue weighted by molar-refractivity contribution is 0.0867. The van der Waals surface area contributed by atoms with Crippen molar-refractivity contribution in [2.24, 2.45) is 0 Å². The predicted octanol–water partition coefficient (Wildman–Crippen LogP) is 4.50. The lowest BCUT2D eigenvalue weighted by Crippen LogP contribution is -2.46. The van der Waals surface area contributed by atoms with Crippen molar-refractivity contribution < 1.29 is 9.47 Å². The molecule has 0 radical (unpaired) electrons. The number of hydrogen-bond acceptors (Lipinski definition) is 7. The number of benzene rings is 1. The van der Waals surface area contributed by atoms with Crippen LogP contribution in [-0.2, 0) is 0 Å². The van der Waals surface area contributed by atoms with Gasteiger partial charge in [0.15, 0.2) is 5.82 Å². The topological polar surface area (TPSA) is 93.1 Å². The number of aromatic nitrogens is 5. The molecule has 0 spiro atoms. The molecule has 4 aromatic rings. The number of ether oxygens (including phenoxy) is 2. The van der Waals surface area contributed by atoms with Gasteiger partial charge in [-0.3, -0.25) is 14.7 Å². The number of rotatable bonds is 5. The molecule has 0 saturated carbocycles. The van der Waals surface area contributed by atoms with E-state index in [-0.39, 0.29) is 5.54 Å². The first kappa shape index (κ1) is 21.5. The van der Waals surface area contributed by atoms with E-state index >= 15 is 0 Å². The molecule has 0 aliphatic carbocycles. The van der Waals surface area contributed by atoms with Gasteiger partial charge in [-0.05, 0) is 45.7 Å². The minimum Gasteiger partial charge on any atom is -0.496 e. The molecule has 174 valence electrons. The first-order valence-electron chi connectivity index (χ1n) is 11.3. The number of fused-ring (bicyclic) bond motifs is 3. The van der Waals surface area contributed by atoms with E-state index in [4.69, 9.17) is 19.6 Å². The number of aromatic amines is 1. The number of nitrogens with zero attached hydrogens (tertiary/aromatic N) is 5. The van der Waals surface area contributed by atoms with Crippen molar-refractivity contribution in [3.8, 4) is 11.6 Å². The quantitative estimate of drug-likeness (QED) is 0.463. The van der Waals surface area contributed by atoms with Gasteiger partial charge in [0.2, 0.25) is 0 Å². The Hall–Kier alpha value is -3.33. The zero-order valence-electron chi connectivity index (χ0n) is 19.8. The molecule has 5 rings (SSSR count). The van der Waals surface area contributed by atoms with Gasteiger partial charge in [-0.2, -0.15) is 5.10 Å². The number of methoxy groups -OCH3 is 2. The summed E-state index contributed by atoms with van der Waals surface area (Å²) in [7, 11) is 3.31. The molecule has 3 aromatic heterocycles. The van der Waals surface area contributed by atoms with Crippen molar-refractivity contribution in [2.75, 3.05) is 32.6 Å². The van der Waals surface area contributed by atoms with Crippen molar-refractivity contribution in [3.63, 3.8) is 0 Å². The summed E-state index contributed by atoms with van der Waals surface area (Å²) in [6.07, 6.45) is 5.94. The maximum atomic E-state index is 5.60. The molecular formula is C24H31N7O2. The Kier molecular flexibility index (Phi) is 5.36. The zero-order chi connectivity index (χ0) is 23.2. The summed E-state index contributed by atoms with van der Waals surface area (Å²) >= 11 is 0. The van der Waals surface area contributed by atoms with E-state index in [0.717, 1.165) is 59.2 Å². The first-order chi connectivity index (χ1) is 15.9. The third kappa shape index (κ3) is 3.86. The van der Waals surface area contributed by atoms with E-state index < -0.39 is 0 Å². The molecule has 1 fully saturated rings. The minimum absolute atomic E-state index is 0.194. The van der Waals surface area contributed by atoms with Gasteiger partial charge in [-0.15, -0.1) is 5.10 Å². The van der Waals surface area contributed by atoms with Gasteiger partial charge in [-0.25, -0.2) is 4.98 Å². The van der Waals surface area contributed by atoms with Crippen molar-refractivity contribution in [2.45, 2.75) is 45.2 Å². The van der Waals surface area contributed by atoms with Gasteiger partial charge in [-0.1, -0.05) is 6.07 Å². The average molecular weight is 450 g/mol. The smallest absolute Gasteiger partial charge is 0.256 e.